The quantitative estimate of drug-likeness (QED) is 0.833. The van der Waals surface area contributed by atoms with Crippen LogP contribution in [-0.4, -0.2) is 26.3 Å². The largest absolute Gasteiger partial charge is 0.421 e. The third-order valence-corrected chi connectivity index (χ3v) is 2.26. The number of ether oxygens (including phenoxy) is 1. The summed E-state index contributed by atoms with van der Waals surface area (Å²) in [5.74, 6) is 0.637. The van der Waals surface area contributed by atoms with E-state index in [1.807, 2.05) is 6.92 Å². The summed E-state index contributed by atoms with van der Waals surface area (Å²) in [6.07, 6.45) is 7.66. The van der Waals surface area contributed by atoms with Crippen molar-refractivity contribution in [3.05, 3.63) is 30.4 Å². The number of aromatic nitrogens is 4. The summed E-state index contributed by atoms with van der Waals surface area (Å²) in [5.41, 5.74) is 6.45. The van der Waals surface area contributed by atoms with E-state index in [4.69, 9.17) is 10.5 Å². The van der Waals surface area contributed by atoms with Gasteiger partial charge < -0.3 is 10.5 Å². The van der Waals surface area contributed by atoms with Gasteiger partial charge in [-0.15, -0.1) is 0 Å². The lowest BCUT2D eigenvalue weighted by Gasteiger charge is -2.01. The molecule has 0 aliphatic heterocycles. The van der Waals surface area contributed by atoms with E-state index in [9.17, 15) is 0 Å². The maximum absolute atomic E-state index is 5.46. The number of rotatable bonds is 5. The smallest absolute Gasteiger partial charge is 0.321 e. The molecule has 0 radical (unpaired) electrons. The summed E-state index contributed by atoms with van der Waals surface area (Å²) < 4.78 is 7.23. The predicted octanol–water partition coefficient (Wildman–Crippen LogP) is 0.986. The molecule has 17 heavy (non-hydrogen) atoms. The van der Waals surface area contributed by atoms with Gasteiger partial charge in [-0.2, -0.15) is 5.10 Å². The number of nitrogens with two attached hydrogens (primary N) is 1. The third kappa shape index (κ3) is 3.01. The number of hydrogen-bond acceptors (Lipinski definition) is 5. The fraction of sp³-hybridized carbons (Fsp3) is 0.364. The molecule has 0 saturated carbocycles. The molecule has 2 N–H and O–H groups in total. The first-order valence-electron chi connectivity index (χ1n) is 5.53. The molecule has 0 unspecified atom stereocenters. The van der Waals surface area contributed by atoms with Crippen molar-refractivity contribution in [2.45, 2.75) is 19.9 Å². The molecule has 0 saturated heterocycles. The Balaban J connectivity index is 2.03. The molecular formula is C11H15N5O. The van der Waals surface area contributed by atoms with Gasteiger partial charge in [0.2, 0.25) is 0 Å². The van der Waals surface area contributed by atoms with Crippen LogP contribution < -0.4 is 10.5 Å². The lowest BCUT2D eigenvalue weighted by molar-refractivity contribution is 0.440. The van der Waals surface area contributed by atoms with Crippen LogP contribution in [-0.2, 0) is 13.0 Å². The predicted molar refractivity (Wildman–Crippen MR) is 62.8 cm³/mol. The fourth-order valence-electron chi connectivity index (χ4n) is 1.37. The molecule has 6 nitrogen and oxygen atoms in total. The molecule has 2 aromatic heterocycles. The maximum Gasteiger partial charge on any atom is 0.321 e. The van der Waals surface area contributed by atoms with Gasteiger partial charge in [-0.25, -0.2) is 9.97 Å². The highest BCUT2D eigenvalue weighted by Gasteiger charge is 2.03. The van der Waals surface area contributed by atoms with E-state index in [0.29, 0.717) is 18.3 Å². The van der Waals surface area contributed by atoms with Crippen molar-refractivity contribution in [1.29, 1.82) is 0 Å². The lowest BCUT2D eigenvalue weighted by Crippen LogP contribution is -2.03. The first-order valence-corrected chi connectivity index (χ1v) is 5.53. The molecule has 0 amide bonds. The molecule has 0 bridgehead atoms. The topological polar surface area (TPSA) is 78.9 Å². The Hall–Kier alpha value is -1.95. The molecule has 0 fully saturated rings. The molecule has 0 aliphatic carbocycles. The van der Waals surface area contributed by atoms with E-state index in [0.717, 1.165) is 18.5 Å². The second-order valence-corrected chi connectivity index (χ2v) is 3.55. The van der Waals surface area contributed by atoms with Crippen LogP contribution in [0, 0.1) is 0 Å². The monoisotopic (exact) mass is 233 g/mol. The molecular weight excluding hydrogens is 218 g/mol. The van der Waals surface area contributed by atoms with Crippen molar-refractivity contribution in [3.63, 3.8) is 0 Å². The van der Waals surface area contributed by atoms with Crippen LogP contribution in [0.15, 0.2) is 24.8 Å². The van der Waals surface area contributed by atoms with E-state index >= 15 is 0 Å². The van der Waals surface area contributed by atoms with Crippen molar-refractivity contribution < 1.29 is 4.74 Å². The Morgan fingerprint density at radius 3 is 2.65 bits per heavy atom. The zero-order valence-corrected chi connectivity index (χ0v) is 9.71. The molecule has 0 aromatic carbocycles. The SMILES string of the molecule is CCn1cc(Oc2ncc(CCN)cn2)cn1. The van der Waals surface area contributed by atoms with Crippen molar-refractivity contribution in [1.82, 2.24) is 19.7 Å². The summed E-state index contributed by atoms with van der Waals surface area (Å²) in [5, 5.41) is 4.10. The van der Waals surface area contributed by atoms with Crippen molar-refractivity contribution in [2.75, 3.05) is 6.54 Å². The minimum absolute atomic E-state index is 0.321. The van der Waals surface area contributed by atoms with Crippen LogP contribution in [0.3, 0.4) is 0 Å². The van der Waals surface area contributed by atoms with Crippen molar-refractivity contribution in [3.8, 4) is 11.8 Å². The molecule has 6 heteroatoms. The highest BCUT2D eigenvalue weighted by molar-refractivity contribution is 5.18. The minimum Gasteiger partial charge on any atom is -0.421 e. The average molecular weight is 233 g/mol. The average Bonchev–Trinajstić information content (AvgIpc) is 2.80. The second kappa shape index (κ2) is 5.40. The van der Waals surface area contributed by atoms with E-state index < -0.39 is 0 Å². The summed E-state index contributed by atoms with van der Waals surface area (Å²) in [6, 6.07) is 0.321. The number of aryl methyl sites for hydroxylation is 1. The Morgan fingerprint density at radius 2 is 2.06 bits per heavy atom. The van der Waals surface area contributed by atoms with Gasteiger partial charge >= 0.3 is 6.01 Å². The third-order valence-electron chi connectivity index (χ3n) is 2.26. The van der Waals surface area contributed by atoms with Crippen molar-refractivity contribution >= 4 is 0 Å². The standard InChI is InChI=1S/C11H15N5O/c1-2-16-8-10(7-15-16)17-11-13-5-9(3-4-12)6-14-11/h5-8H,2-4,12H2,1H3. The van der Waals surface area contributed by atoms with E-state index in [1.54, 1.807) is 29.5 Å². The Morgan fingerprint density at radius 1 is 1.29 bits per heavy atom. The summed E-state index contributed by atoms with van der Waals surface area (Å²) in [7, 11) is 0. The Bertz CT molecular complexity index is 465. The van der Waals surface area contributed by atoms with Gasteiger partial charge in [0, 0.05) is 18.9 Å². The normalized spacial score (nSPS) is 10.5. The summed E-state index contributed by atoms with van der Waals surface area (Å²) in [4.78, 5) is 8.20. The lowest BCUT2D eigenvalue weighted by atomic mass is 10.2. The first-order chi connectivity index (χ1) is 8.31. The minimum atomic E-state index is 0.321. The van der Waals surface area contributed by atoms with Gasteiger partial charge in [0.15, 0.2) is 5.75 Å². The van der Waals surface area contributed by atoms with Crippen molar-refractivity contribution in [2.24, 2.45) is 5.73 Å². The zero-order chi connectivity index (χ0) is 12.1. The molecule has 90 valence electrons. The van der Waals surface area contributed by atoms with Gasteiger partial charge in [-0.05, 0) is 25.5 Å². The molecule has 0 spiro atoms. The van der Waals surface area contributed by atoms with Gasteiger partial charge in [0.1, 0.15) is 0 Å². The maximum atomic E-state index is 5.46. The van der Waals surface area contributed by atoms with E-state index in [-0.39, 0.29) is 0 Å². The van der Waals surface area contributed by atoms with Gasteiger partial charge in [0.25, 0.3) is 0 Å². The Labute approximate surface area is 99.4 Å². The number of hydrogen-bond donors (Lipinski definition) is 1. The van der Waals surface area contributed by atoms with Gasteiger partial charge in [-0.1, -0.05) is 0 Å². The Kier molecular flexibility index (Phi) is 3.66. The highest BCUT2D eigenvalue weighted by atomic mass is 16.5. The molecule has 2 aromatic rings. The van der Waals surface area contributed by atoms with Crippen LogP contribution in [0.4, 0.5) is 0 Å². The van der Waals surface area contributed by atoms with E-state index in [1.165, 1.54) is 0 Å². The van der Waals surface area contributed by atoms with Crippen LogP contribution >= 0.6 is 0 Å². The van der Waals surface area contributed by atoms with Gasteiger partial charge in [0.05, 0.1) is 12.4 Å². The molecule has 2 rings (SSSR count). The molecule has 0 atom stereocenters. The second-order valence-electron chi connectivity index (χ2n) is 3.55. The van der Waals surface area contributed by atoms with Crippen LogP contribution in [0.25, 0.3) is 0 Å². The summed E-state index contributed by atoms with van der Waals surface area (Å²) >= 11 is 0. The molecule has 2 heterocycles. The first kappa shape index (κ1) is 11.5. The van der Waals surface area contributed by atoms with Gasteiger partial charge in [-0.3, -0.25) is 4.68 Å². The fourth-order valence-corrected chi connectivity index (χ4v) is 1.37. The van der Waals surface area contributed by atoms with Crippen LogP contribution in [0.2, 0.25) is 0 Å². The van der Waals surface area contributed by atoms with Crippen LogP contribution in [0.5, 0.6) is 11.8 Å². The van der Waals surface area contributed by atoms with Crippen LogP contribution in [0.1, 0.15) is 12.5 Å². The molecule has 0 aliphatic rings. The zero-order valence-electron chi connectivity index (χ0n) is 9.71. The highest BCUT2D eigenvalue weighted by Crippen LogP contribution is 2.15. The van der Waals surface area contributed by atoms with E-state index in [2.05, 4.69) is 15.1 Å². The number of nitrogens with zero attached hydrogens (tertiary/aromatic N) is 4. The summed E-state index contributed by atoms with van der Waals surface area (Å²) in [6.45, 7) is 3.40.